The van der Waals surface area contributed by atoms with Crippen molar-refractivity contribution in [2.45, 2.75) is 6.61 Å². The summed E-state index contributed by atoms with van der Waals surface area (Å²) in [7, 11) is 1.57. The molecule has 132 valence electrons. The number of thiophene rings is 1. The number of methoxy groups -OCH3 is 1. The van der Waals surface area contributed by atoms with Crippen LogP contribution in [0.2, 0.25) is 0 Å². The summed E-state index contributed by atoms with van der Waals surface area (Å²) < 4.78 is 10.6. The first-order chi connectivity index (χ1) is 12.7. The number of rotatable bonds is 6. The summed E-state index contributed by atoms with van der Waals surface area (Å²) in [6.07, 6.45) is 0. The molecule has 0 saturated carbocycles. The Bertz CT molecular complexity index is 888. The van der Waals surface area contributed by atoms with E-state index in [-0.39, 0.29) is 12.5 Å². The summed E-state index contributed by atoms with van der Waals surface area (Å²) in [6.45, 7) is 0.125. The summed E-state index contributed by atoms with van der Waals surface area (Å²) in [5.41, 5.74) is 1.82. The molecule has 0 bridgehead atoms. The first-order valence-corrected chi connectivity index (χ1v) is 8.79. The van der Waals surface area contributed by atoms with E-state index in [1.807, 2.05) is 35.7 Å². The highest BCUT2D eigenvalue weighted by Crippen LogP contribution is 2.19. The molecule has 0 aliphatic carbocycles. The standard InChI is InChI=1S/C20H17NO4S/c1-24-17-6-3-2-5-15(17)13-25-20(23)14-8-10-16(11-9-14)21-19(22)18-7-4-12-26-18/h2-12H,13H2,1H3,(H,21,22). The van der Waals surface area contributed by atoms with Crippen molar-refractivity contribution in [3.63, 3.8) is 0 Å². The van der Waals surface area contributed by atoms with Crippen molar-refractivity contribution in [2.24, 2.45) is 0 Å². The molecule has 0 saturated heterocycles. The maximum Gasteiger partial charge on any atom is 0.338 e. The van der Waals surface area contributed by atoms with Crippen LogP contribution >= 0.6 is 11.3 Å². The number of nitrogens with one attached hydrogen (secondary N) is 1. The lowest BCUT2D eigenvalue weighted by Crippen LogP contribution is -2.10. The zero-order valence-corrected chi connectivity index (χ0v) is 14.9. The second-order valence-electron chi connectivity index (χ2n) is 5.40. The van der Waals surface area contributed by atoms with Crippen molar-refractivity contribution in [3.05, 3.63) is 82.0 Å². The molecule has 26 heavy (non-hydrogen) atoms. The van der Waals surface area contributed by atoms with E-state index in [0.29, 0.717) is 21.9 Å². The van der Waals surface area contributed by atoms with E-state index < -0.39 is 5.97 Å². The number of amides is 1. The smallest absolute Gasteiger partial charge is 0.338 e. The van der Waals surface area contributed by atoms with Gasteiger partial charge in [0.2, 0.25) is 0 Å². The number of anilines is 1. The Morgan fingerprint density at radius 3 is 2.46 bits per heavy atom. The third kappa shape index (κ3) is 4.29. The molecule has 1 amide bonds. The van der Waals surface area contributed by atoms with E-state index in [0.717, 1.165) is 5.56 Å². The Morgan fingerprint density at radius 2 is 1.77 bits per heavy atom. The minimum Gasteiger partial charge on any atom is -0.496 e. The Morgan fingerprint density at radius 1 is 1.00 bits per heavy atom. The topological polar surface area (TPSA) is 64.6 Å². The minimum absolute atomic E-state index is 0.125. The van der Waals surface area contributed by atoms with E-state index in [1.165, 1.54) is 11.3 Å². The normalized spacial score (nSPS) is 10.2. The molecule has 0 radical (unpaired) electrons. The third-order valence-corrected chi connectivity index (χ3v) is 4.54. The van der Waals surface area contributed by atoms with Crippen LogP contribution in [0.15, 0.2) is 66.0 Å². The minimum atomic E-state index is -0.438. The van der Waals surface area contributed by atoms with Crippen molar-refractivity contribution in [1.82, 2.24) is 0 Å². The first-order valence-electron chi connectivity index (χ1n) is 7.91. The summed E-state index contributed by atoms with van der Waals surface area (Å²) in [5.74, 6) is 0.0606. The lowest BCUT2D eigenvalue weighted by molar-refractivity contribution is 0.0470. The fraction of sp³-hybridized carbons (Fsp3) is 0.100. The number of hydrogen-bond donors (Lipinski definition) is 1. The molecule has 1 N–H and O–H groups in total. The zero-order chi connectivity index (χ0) is 18.4. The number of para-hydroxylation sites is 1. The lowest BCUT2D eigenvalue weighted by atomic mass is 10.2. The molecule has 0 fully saturated rings. The second kappa shape index (κ2) is 8.31. The Labute approximate surface area is 155 Å². The van der Waals surface area contributed by atoms with Crippen molar-refractivity contribution in [3.8, 4) is 5.75 Å². The van der Waals surface area contributed by atoms with Gasteiger partial charge < -0.3 is 14.8 Å². The molecule has 0 aliphatic rings. The summed E-state index contributed by atoms with van der Waals surface area (Å²) in [6, 6.07) is 17.5. The number of carbonyl (C=O) groups excluding carboxylic acids is 2. The fourth-order valence-electron chi connectivity index (χ4n) is 2.34. The van der Waals surface area contributed by atoms with Crippen LogP contribution in [0.25, 0.3) is 0 Å². The molecule has 0 atom stereocenters. The van der Waals surface area contributed by atoms with Gasteiger partial charge >= 0.3 is 5.97 Å². The van der Waals surface area contributed by atoms with Gasteiger partial charge in [-0.1, -0.05) is 24.3 Å². The highest BCUT2D eigenvalue weighted by molar-refractivity contribution is 7.12. The van der Waals surface area contributed by atoms with Gasteiger partial charge in [-0.15, -0.1) is 11.3 Å². The SMILES string of the molecule is COc1ccccc1COC(=O)c1ccc(NC(=O)c2cccs2)cc1. The molecule has 2 aromatic carbocycles. The van der Waals surface area contributed by atoms with E-state index in [9.17, 15) is 9.59 Å². The molecule has 0 spiro atoms. The number of ether oxygens (including phenoxy) is 2. The largest absolute Gasteiger partial charge is 0.496 e. The van der Waals surface area contributed by atoms with E-state index in [2.05, 4.69) is 5.32 Å². The van der Waals surface area contributed by atoms with Gasteiger partial charge in [0.15, 0.2) is 0 Å². The van der Waals surface area contributed by atoms with E-state index >= 15 is 0 Å². The number of hydrogen-bond acceptors (Lipinski definition) is 5. The Kier molecular flexibility index (Phi) is 5.66. The number of esters is 1. The average molecular weight is 367 g/mol. The molecular formula is C20H17NO4S. The molecule has 0 unspecified atom stereocenters. The molecule has 3 rings (SSSR count). The first kappa shape index (κ1) is 17.7. The summed E-state index contributed by atoms with van der Waals surface area (Å²) >= 11 is 1.37. The van der Waals surface area contributed by atoms with E-state index in [1.54, 1.807) is 37.4 Å². The van der Waals surface area contributed by atoms with Crippen molar-refractivity contribution in [1.29, 1.82) is 0 Å². The predicted octanol–water partition coefficient (Wildman–Crippen LogP) is 4.37. The van der Waals surface area contributed by atoms with Crippen molar-refractivity contribution < 1.29 is 19.1 Å². The highest BCUT2D eigenvalue weighted by atomic mass is 32.1. The van der Waals surface area contributed by atoms with Gasteiger partial charge in [-0.2, -0.15) is 0 Å². The van der Waals surface area contributed by atoms with Crippen LogP contribution in [0.5, 0.6) is 5.75 Å². The Hall–Kier alpha value is -3.12. The predicted molar refractivity (Wildman–Crippen MR) is 101 cm³/mol. The van der Waals surface area contributed by atoms with Gasteiger partial charge in [-0.25, -0.2) is 4.79 Å². The van der Waals surface area contributed by atoms with E-state index in [4.69, 9.17) is 9.47 Å². The van der Waals surface area contributed by atoms with Crippen LogP contribution in [0, 0.1) is 0 Å². The summed E-state index contributed by atoms with van der Waals surface area (Å²) in [5, 5.41) is 4.63. The van der Waals surface area contributed by atoms with Gasteiger partial charge in [-0.3, -0.25) is 4.79 Å². The molecule has 3 aromatic rings. The Balaban J connectivity index is 1.59. The van der Waals surface area contributed by atoms with Crippen molar-refractivity contribution in [2.75, 3.05) is 12.4 Å². The van der Waals surface area contributed by atoms with Gasteiger partial charge in [0.25, 0.3) is 5.91 Å². The quantitative estimate of drug-likeness (QED) is 0.657. The number of benzene rings is 2. The monoisotopic (exact) mass is 367 g/mol. The summed E-state index contributed by atoms with van der Waals surface area (Å²) in [4.78, 5) is 24.8. The maximum absolute atomic E-state index is 12.2. The van der Waals surface area contributed by atoms with Crippen LogP contribution < -0.4 is 10.1 Å². The fourth-order valence-corrected chi connectivity index (χ4v) is 2.96. The van der Waals surface area contributed by atoms with Gasteiger partial charge in [0.05, 0.1) is 17.6 Å². The van der Waals surface area contributed by atoms with Gasteiger partial charge in [0.1, 0.15) is 12.4 Å². The zero-order valence-electron chi connectivity index (χ0n) is 14.1. The van der Waals surface area contributed by atoms with Crippen LogP contribution in [-0.2, 0) is 11.3 Å². The molecule has 6 heteroatoms. The maximum atomic E-state index is 12.2. The van der Waals surface area contributed by atoms with Crippen LogP contribution in [-0.4, -0.2) is 19.0 Å². The lowest BCUT2D eigenvalue weighted by Gasteiger charge is -2.09. The third-order valence-electron chi connectivity index (χ3n) is 3.67. The van der Waals surface area contributed by atoms with Crippen LogP contribution in [0.1, 0.15) is 25.6 Å². The highest BCUT2D eigenvalue weighted by Gasteiger charge is 2.11. The molecule has 5 nitrogen and oxygen atoms in total. The molecular weight excluding hydrogens is 350 g/mol. The molecule has 0 aliphatic heterocycles. The van der Waals surface area contributed by atoms with Crippen LogP contribution in [0.3, 0.4) is 0 Å². The van der Waals surface area contributed by atoms with Gasteiger partial charge in [-0.05, 0) is 41.8 Å². The average Bonchev–Trinajstić information content (AvgIpc) is 3.22. The number of carbonyl (C=O) groups is 2. The van der Waals surface area contributed by atoms with Crippen molar-refractivity contribution >= 4 is 28.9 Å². The molecule has 1 heterocycles. The van der Waals surface area contributed by atoms with Crippen LogP contribution in [0.4, 0.5) is 5.69 Å². The second-order valence-corrected chi connectivity index (χ2v) is 6.34. The van der Waals surface area contributed by atoms with Gasteiger partial charge in [0, 0.05) is 11.3 Å². The molecule has 1 aromatic heterocycles.